The van der Waals surface area contributed by atoms with Gasteiger partial charge in [0.05, 0.1) is 0 Å². The minimum atomic E-state index is 0.00681. The van der Waals surface area contributed by atoms with E-state index in [-0.39, 0.29) is 11.8 Å². The summed E-state index contributed by atoms with van der Waals surface area (Å²) in [6.07, 6.45) is 3.70. The van der Waals surface area contributed by atoms with E-state index >= 15 is 0 Å². The van der Waals surface area contributed by atoms with E-state index in [0.717, 1.165) is 25.8 Å². The van der Waals surface area contributed by atoms with Crippen LogP contribution in [0.15, 0.2) is 0 Å². The van der Waals surface area contributed by atoms with Crippen LogP contribution in [0, 0.1) is 0 Å². The second kappa shape index (κ2) is 6.63. The first kappa shape index (κ1) is 13.2. The lowest BCUT2D eigenvalue weighted by molar-refractivity contribution is -0.148. The summed E-state index contributed by atoms with van der Waals surface area (Å²) in [4.78, 5) is 24.4. The lowest BCUT2D eigenvalue weighted by Crippen LogP contribution is -2.41. The monoisotopic (exact) mass is 226 g/mol. The summed E-state index contributed by atoms with van der Waals surface area (Å²) in [6, 6.07) is 0.458. The lowest BCUT2D eigenvalue weighted by atomic mass is 10.1. The quantitative estimate of drug-likeness (QED) is 0.695. The predicted molar refractivity (Wildman–Crippen MR) is 62.9 cm³/mol. The number of likely N-dealkylation sites (tertiary alicyclic amines) is 1. The first-order valence-corrected chi connectivity index (χ1v) is 6.21. The third kappa shape index (κ3) is 3.93. The average Bonchev–Trinajstić information content (AvgIpc) is 2.23. The van der Waals surface area contributed by atoms with Crippen molar-refractivity contribution in [2.75, 3.05) is 13.1 Å². The highest BCUT2D eigenvalue weighted by Gasteiger charge is 2.24. The van der Waals surface area contributed by atoms with Crippen LogP contribution in [-0.2, 0) is 9.59 Å². The number of amides is 2. The molecule has 92 valence electrons. The molecule has 0 aromatic carbocycles. The molecular formula is C12H22N2O2. The Hall–Kier alpha value is -0.900. The van der Waals surface area contributed by atoms with Gasteiger partial charge < -0.3 is 5.32 Å². The van der Waals surface area contributed by atoms with Gasteiger partial charge in [0.15, 0.2) is 0 Å². The van der Waals surface area contributed by atoms with E-state index in [1.807, 2.05) is 0 Å². The zero-order chi connectivity index (χ0) is 12.0. The normalized spacial score (nSPS) is 19.0. The molecule has 4 nitrogen and oxygen atoms in total. The number of nitrogens with one attached hydrogen (secondary N) is 1. The molecule has 0 radical (unpaired) electrons. The molecule has 0 saturated carbocycles. The second-order valence-corrected chi connectivity index (χ2v) is 4.39. The molecule has 2 amide bonds. The molecule has 1 rings (SSSR count). The van der Waals surface area contributed by atoms with E-state index < -0.39 is 0 Å². The molecule has 0 spiro atoms. The summed E-state index contributed by atoms with van der Waals surface area (Å²) in [7, 11) is 0. The minimum Gasteiger partial charge on any atom is -0.315 e. The SMILES string of the molecule is CCNC(C)CCCN1C(=O)CCCC1=O. The van der Waals surface area contributed by atoms with Gasteiger partial charge in [-0.15, -0.1) is 0 Å². The summed E-state index contributed by atoms with van der Waals surface area (Å²) in [5, 5.41) is 3.32. The van der Waals surface area contributed by atoms with Gasteiger partial charge in [-0.2, -0.15) is 0 Å². The Kier molecular flexibility index (Phi) is 5.46. The fourth-order valence-electron chi connectivity index (χ4n) is 2.06. The number of carbonyl (C=O) groups excluding carboxylic acids is 2. The van der Waals surface area contributed by atoms with Crippen molar-refractivity contribution in [1.29, 1.82) is 0 Å². The zero-order valence-electron chi connectivity index (χ0n) is 10.3. The Labute approximate surface area is 97.4 Å². The van der Waals surface area contributed by atoms with Crippen LogP contribution in [0.4, 0.5) is 0 Å². The molecule has 0 aromatic rings. The van der Waals surface area contributed by atoms with Gasteiger partial charge in [-0.1, -0.05) is 6.92 Å². The first-order chi connectivity index (χ1) is 7.65. The highest BCUT2D eigenvalue weighted by atomic mass is 16.2. The number of hydrogen-bond donors (Lipinski definition) is 1. The van der Waals surface area contributed by atoms with E-state index in [1.54, 1.807) is 0 Å². The Morgan fingerprint density at radius 1 is 1.31 bits per heavy atom. The van der Waals surface area contributed by atoms with Crippen molar-refractivity contribution in [3.63, 3.8) is 0 Å². The molecule has 0 aliphatic carbocycles. The van der Waals surface area contributed by atoms with Crippen molar-refractivity contribution in [3.05, 3.63) is 0 Å². The van der Waals surface area contributed by atoms with Gasteiger partial charge in [0.2, 0.25) is 11.8 Å². The largest absolute Gasteiger partial charge is 0.315 e. The number of piperidine rings is 1. The van der Waals surface area contributed by atoms with Crippen LogP contribution in [0.5, 0.6) is 0 Å². The van der Waals surface area contributed by atoms with E-state index in [9.17, 15) is 9.59 Å². The standard InChI is InChI=1S/C12H22N2O2/c1-3-13-10(2)6-5-9-14-11(15)7-4-8-12(14)16/h10,13H,3-9H2,1-2H3. The maximum absolute atomic E-state index is 11.5. The second-order valence-electron chi connectivity index (χ2n) is 4.39. The van der Waals surface area contributed by atoms with Crippen molar-refractivity contribution in [3.8, 4) is 0 Å². The van der Waals surface area contributed by atoms with Crippen molar-refractivity contribution in [2.24, 2.45) is 0 Å². The van der Waals surface area contributed by atoms with Gasteiger partial charge in [0.1, 0.15) is 0 Å². The van der Waals surface area contributed by atoms with Crippen LogP contribution in [0.25, 0.3) is 0 Å². The molecule has 1 unspecified atom stereocenters. The average molecular weight is 226 g/mol. The topological polar surface area (TPSA) is 49.4 Å². The molecule has 16 heavy (non-hydrogen) atoms. The molecule has 1 aliphatic heterocycles. The van der Waals surface area contributed by atoms with Gasteiger partial charge in [0, 0.05) is 25.4 Å². The molecule has 1 saturated heterocycles. The lowest BCUT2D eigenvalue weighted by Gasteiger charge is -2.25. The molecule has 0 bridgehead atoms. The molecule has 4 heteroatoms. The summed E-state index contributed by atoms with van der Waals surface area (Å²) in [5.74, 6) is 0.0136. The highest BCUT2D eigenvalue weighted by molar-refractivity contribution is 5.97. The van der Waals surface area contributed by atoms with Crippen LogP contribution < -0.4 is 5.32 Å². The number of hydrogen-bond acceptors (Lipinski definition) is 3. The molecular weight excluding hydrogens is 204 g/mol. The summed E-state index contributed by atoms with van der Waals surface area (Å²) >= 11 is 0. The van der Waals surface area contributed by atoms with Crippen molar-refractivity contribution < 1.29 is 9.59 Å². The summed E-state index contributed by atoms with van der Waals surface area (Å²) < 4.78 is 0. The fraction of sp³-hybridized carbons (Fsp3) is 0.833. The van der Waals surface area contributed by atoms with E-state index in [2.05, 4.69) is 19.2 Å². The number of nitrogens with zero attached hydrogens (tertiary/aromatic N) is 1. The predicted octanol–water partition coefficient (Wildman–Crippen LogP) is 1.30. The van der Waals surface area contributed by atoms with Gasteiger partial charge >= 0.3 is 0 Å². The third-order valence-corrected chi connectivity index (χ3v) is 2.95. The Balaban J connectivity index is 2.25. The minimum absolute atomic E-state index is 0.00681. The number of carbonyl (C=O) groups is 2. The van der Waals surface area contributed by atoms with Crippen molar-refractivity contribution in [1.82, 2.24) is 10.2 Å². The molecule has 1 N–H and O–H groups in total. The Morgan fingerprint density at radius 3 is 2.50 bits per heavy atom. The Bertz CT molecular complexity index is 237. The van der Waals surface area contributed by atoms with E-state index in [4.69, 9.17) is 0 Å². The smallest absolute Gasteiger partial charge is 0.229 e. The highest BCUT2D eigenvalue weighted by Crippen LogP contribution is 2.13. The van der Waals surface area contributed by atoms with Crippen LogP contribution in [0.1, 0.15) is 46.0 Å². The van der Waals surface area contributed by atoms with Crippen LogP contribution >= 0.6 is 0 Å². The fourth-order valence-corrected chi connectivity index (χ4v) is 2.06. The number of imide groups is 1. The van der Waals surface area contributed by atoms with Gasteiger partial charge in [-0.3, -0.25) is 14.5 Å². The van der Waals surface area contributed by atoms with Gasteiger partial charge in [0.25, 0.3) is 0 Å². The molecule has 1 aliphatic rings. The molecule has 0 aromatic heterocycles. The summed E-state index contributed by atoms with van der Waals surface area (Å²) in [5.41, 5.74) is 0. The summed E-state index contributed by atoms with van der Waals surface area (Å²) in [6.45, 7) is 5.76. The van der Waals surface area contributed by atoms with Crippen molar-refractivity contribution in [2.45, 2.75) is 52.0 Å². The van der Waals surface area contributed by atoms with E-state index in [1.165, 1.54) is 4.90 Å². The van der Waals surface area contributed by atoms with E-state index in [0.29, 0.717) is 25.4 Å². The van der Waals surface area contributed by atoms with Crippen LogP contribution in [0.3, 0.4) is 0 Å². The molecule has 1 heterocycles. The zero-order valence-corrected chi connectivity index (χ0v) is 10.3. The number of rotatable bonds is 6. The van der Waals surface area contributed by atoms with Crippen molar-refractivity contribution >= 4 is 11.8 Å². The first-order valence-electron chi connectivity index (χ1n) is 6.21. The van der Waals surface area contributed by atoms with Crippen LogP contribution in [-0.4, -0.2) is 35.8 Å². The van der Waals surface area contributed by atoms with Crippen LogP contribution in [0.2, 0.25) is 0 Å². The Morgan fingerprint density at radius 2 is 1.94 bits per heavy atom. The third-order valence-electron chi connectivity index (χ3n) is 2.95. The van der Waals surface area contributed by atoms with Gasteiger partial charge in [-0.25, -0.2) is 0 Å². The molecule has 1 fully saturated rings. The maximum Gasteiger partial charge on any atom is 0.229 e. The maximum atomic E-state index is 11.5. The van der Waals surface area contributed by atoms with Gasteiger partial charge in [-0.05, 0) is 32.7 Å². The molecule has 1 atom stereocenters.